The van der Waals surface area contributed by atoms with E-state index in [4.69, 9.17) is 0 Å². The maximum Gasteiger partial charge on any atom is 0.0190 e. The van der Waals surface area contributed by atoms with Gasteiger partial charge in [-0.3, -0.25) is 4.90 Å². The summed E-state index contributed by atoms with van der Waals surface area (Å²) in [7, 11) is 2.14. The first-order valence-corrected chi connectivity index (χ1v) is 3.07. The van der Waals surface area contributed by atoms with Gasteiger partial charge in [0, 0.05) is 12.6 Å². The zero-order chi connectivity index (χ0) is 6.15. The van der Waals surface area contributed by atoms with Crippen LogP contribution in [0, 0.1) is 0 Å². The van der Waals surface area contributed by atoms with Gasteiger partial charge in [0.15, 0.2) is 0 Å². The molecule has 1 aliphatic heterocycles. The molecule has 0 aromatic carbocycles. The van der Waals surface area contributed by atoms with Crippen molar-refractivity contribution in [2.45, 2.75) is 19.4 Å². The second-order valence-electron chi connectivity index (χ2n) is 2.72. The van der Waals surface area contributed by atoms with E-state index < -0.39 is 0 Å². The SMILES string of the molecule is C=C1C[C@@H](C)N(C)C1. The molecule has 1 atom stereocenters. The highest BCUT2D eigenvalue weighted by Crippen LogP contribution is 2.17. The number of likely N-dealkylation sites (N-methyl/N-ethyl adjacent to an activating group) is 1. The van der Waals surface area contributed by atoms with Crippen molar-refractivity contribution in [2.24, 2.45) is 0 Å². The van der Waals surface area contributed by atoms with Crippen molar-refractivity contribution in [1.82, 2.24) is 4.90 Å². The summed E-state index contributed by atoms with van der Waals surface area (Å²) in [5, 5.41) is 0. The minimum atomic E-state index is 0.725. The van der Waals surface area contributed by atoms with Gasteiger partial charge in [-0.1, -0.05) is 12.2 Å². The summed E-state index contributed by atoms with van der Waals surface area (Å²) in [5.74, 6) is 0. The lowest BCUT2D eigenvalue weighted by Crippen LogP contribution is -2.20. The van der Waals surface area contributed by atoms with Crippen LogP contribution in [0.2, 0.25) is 0 Å². The van der Waals surface area contributed by atoms with E-state index in [-0.39, 0.29) is 0 Å². The Morgan fingerprint density at radius 1 is 1.75 bits per heavy atom. The highest BCUT2D eigenvalue weighted by atomic mass is 15.1. The molecule has 1 rings (SSSR count). The Morgan fingerprint density at radius 2 is 2.38 bits per heavy atom. The van der Waals surface area contributed by atoms with Crippen molar-refractivity contribution in [3.05, 3.63) is 12.2 Å². The fourth-order valence-corrected chi connectivity index (χ4v) is 1.15. The van der Waals surface area contributed by atoms with Crippen molar-refractivity contribution in [3.63, 3.8) is 0 Å². The molecule has 46 valence electrons. The molecule has 0 spiro atoms. The molecule has 0 aliphatic carbocycles. The Morgan fingerprint density at radius 3 is 2.50 bits per heavy atom. The smallest absolute Gasteiger partial charge is 0.0190 e. The average Bonchev–Trinajstić information content (AvgIpc) is 1.85. The third kappa shape index (κ3) is 0.920. The van der Waals surface area contributed by atoms with Crippen LogP contribution in [0.15, 0.2) is 12.2 Å². The summed E-state index contributed by atoms with van der Waals surface area (Å²) in [4.78, 5) is 2.32. The summed E-state index contributed by atoms with van der Waals surface area (Å²) < 4.78 is 0. The molecule has 0 aromatic rings. The van der Waals surface area contributed by atoms with Gasteiger partial charge in [-0.15, -0.1) is 0 Å². The quantitative estimate of drug-likeness (QED) is 0.425. The molecule has 0 unspecified atom stereocenters. The summed E-state index contributed by atoms with van der Waals surface area (Å²) >= 11 is 0. The highest BCUT2D eigenvalue weighted by molar-refractivity contribution is 5.05. The predicted molar refractivity (Wildman–Crippen MR) is 35.8 cm³/mol. The first-order chi connectivity index (χ1) is 3.70. The van der Waals surface area contributed by atoms with Gasteiger partial charge in [-0.25, -0.2) is 0 Å². The molecule has 1 saturated heterocycles. The molecule has 1 heteroatoms. The van der Waals surface area contributed by atoms with E-state index in [2.05, 4.69) is 25.5 Å². The maximum atomic E-state index is 3.91. The molecule has 0 N–H and O–H groups in total. The van der Waals surface area contributed by atoms with Gasteiger partial charge in [0.2, 0.25) is 0 Å². The van der Waals surface area contributed by atoms with Crippen molar-refractivity contribution in [1.29, 1.82) is 0 Å². The van der Waals surface area contributed by atoms with E-state index in [0.29, 0.717) is 0 Å². The minimum Gasteiger partial charge on any atom is -0.299 e. The van der Waals surface area contributed by atoms with E-state index in [1.54, 1.807) is 0 Å². The van der Waals surface area contributed by atoms with Gasteiger partial charge in [-0.2, -0.15) is 0 Å². The molecule has 8 heavy (non-hydrogen) atoms. The minimum absolute atomic E-state index is 0.725. The lowest BCUT2D eigenvalue weighted by molar-refractivity contribution is 0.332. The second kappa shape index (κ2) is 1.90. The zero-order valence-corrected chi connectivity index (χ0v) is 5.65. The molecule has 0 aromatic heterocycles. The number of hydrogen-bond acceptors (Lipinski definition) is 1. The van der Waals surface area contributed by atoms with E-state index in [1.165, 1.54) is 12.0 Å². The number of nitrogens with zero attached hydrogens (tertiary/aromatic N) is 1. The lowest BCUT2D eigenvalue weighted by Gasteiger charge is -2.11. The molecular weight excluding hydrogens is 98.1 g/mol. The van der Waals surface area contributed by atoms with Gasteiger partial charge < -0.3 is 0 Å². The summed E-state index contributed by atoms with van der Waals surface area (Å²) in [6.45, 7) is 7.25. The van der Waals surface area contributed by atoms with Gasteiger partial charge in [0.1, 0.15) is 0 Å². The van der Waals surface area contributed by atoms with Crippen LogP contribution in [-0.2, 0) is 0 Å². The Hall–Kier alpha value is -0.300. The fraction of sp³-hybridized carbons (Fsp3) is 0.714. The third-order valence-corrected chi connectivity index (χ3v) is 1.81. The molecule has 1 fully saturated rings. The molecular formula is C7H13N. The van der Waals surface area contributed by atoms with E-state index in [1.807, 2.05) is 0 Å². The van der Waals surface area contributed by atoms with Crippen molar-refractivity contribution >= 4 is 0 Å². The van der Waals surface area contributed by atoms with Crippen LogP contribution in [0.25, 0.3) is 0 Å². The Kier molecular flexibility index (Phi) is 1.39. The largest absolute Gasteiger partial charge is 0.299 e. The Labute approximate surface area is 51.0 Å². The Bertz CT molecular complexity index is 95.0. The van der Waals surface area contributed by atoms with Crippen LogP contribution in [0.5, 0.6) is 0 Å². The summed E-state index contributed by atoms with van der Waals surface area (Å²) in [6, 6.07) is 0.725. The van der Waals surface area contributed by atoms with E-state index >= 15 is 0 Å². The Balaban J connectivity index is 2.51. The maximum absolute atomic E-state index is 3.91. The average molecular weight is 111 g/mol. The first kappa shape index (κ1) is 5.83. The number of rotatable bonds is 0. The van der Waals surface area contributed by atoms with E-state index in [0.717, 1.165) is 12.6 Å². The topological polar surface area (TPSA) is 3.24 Å². The zero-order valence-electron chi connectivity index (χ0n) is 5.65. The second-order valence-corrected chi connectivity index (χ2v) is 2.72. The van der Waals surface area contributed by atoms with Crippen LogP contribution in [0.1, 0.15) is 13.3 Å². The van der Waals surface area contributed by atoms with E-state index in [9.17, 15) is 0 Å². The van der Waals surface area contributed by atoms with Crippen molar-refractivity contribution < 1.29 is 0 Å². The molecule has 0 radical (unpaired) electrons. The predicted octanol–water partition coefficient (Wildman–Crippen LogP) is 1.27. The number of likely N-dealkylation sites (tertiary alicyclic amines) is 1. The molecule has 1 aliphatic rings. The fourth-order valence-electron chi connectivity index (χ4n) is 1.15. The normalized spacial score (nSPS) is 31.8. The summed E-state index contributed by atoms with van der Waals surface area (Å²) in [6.07, 6.45) is 1.19. The van der Waals surface area contributed by atoms with Crippen LogP contribution < -0.4 is 0 Å². The molecule has 0 amide bonds. The van der Waals surface area contributed by atoms with Gasteiger partial charge in [0.25, 0.3) is 0 Å². The molecule has 1 heterocycles. The van der Waals surface area contributed by atoms with Gasteiger partial charge in [0.05, 0.1) is 0 Å². The molecule has 0 bridgehead atoms. The van der Waals surface area contributed by atoms with Crippen LogP contribution in [-0.4, -0.2) is 24.5 Å². The van der Waals surface area contributed by atoms with Gasteiger partial charge >= 0.3 is 0 Å². The third-order valence-electron chi connectivity index (χ3n) is 1.81. The molecule has 0 saturated carbocycles. The lowest BCUT2D eigenvalue weighted by atomic mass is 10.2. The van der Waals surface area contributed by atoms with Crippen LogP contribution in [0.3, 0.4) is 0 Å². The standard InChI is InChI=1S/C7H13N/c1-6-4-7(2)8(3)5-6/h7H,1,4-5H2,2-3H3/t7-/m1/s1. The molecule has 1 nitrogen and oxygen atoms in total. The van der Waals surface area contributed by atoms with Crippen molar-refractivity contribution in [3.8, 4) is 0 Å². The highest BCUT2D eigenvalue weighted by Gasteiger charge is 2.17. The van der Waals surface area contributed by atoms with Crippen LogP contribution >= 0.6 is 0 Å². The monoisotopic (exact) mass is 111 g/mol. The first-order valence-electron chi connectivity index (χ1n) is 3.07. The number of hydrogen-bond donors (Lipinski definition) is 0. The van der Waals surface area contributed by atoms with Crippen molar-refractivity contribution in [2.75, 3.05) is 13.6 Å². The van der Waals surface area contributed by atoms with Gasteiger partial charge in [-0.05, 0) is 20.4 Å². The summed E-state index contributed by atoms with van der Waals surface area (Å²) in [5.41, 5.74) is 1.38. The van der Waals surface area contributed by atoms with Crippen LogP contribution in [0.4, 0.5) is 0 Å².